The summed E-state index contributed by atoms with van der Waals surface area (Å²) in [5.74, 6) is 0.899. The van der Waals surface area contributed by atoms with Crippen molar-refractivity contribution in [1.82, 2.24) is 9.80 Å². The second kappa shape index (κ2) is 8.10. The first-order valence-corrected chi connectivity index (χ1v) is 8.98. The maximum absolute atomic E-state index is 12.9. The quantitative estimate of drug-likeness (QED) is 0.911. The van der Waals surface area contributed by atoms with Gasteiger partial charge in [-0.3, -0.25) is 9.69 Å². The van der Waals surface area contributed by atoms with Crippen LogP contribution in [0.1, 0.15) is 31.4 Å². The van der Waals surface area contributed by atoms with Crippen molar-refractivity contribution < 1.29 is 14.6 Å². The fourth-order valence-electron chi connectivity index (χ4n) is 3.71. The third kappa shape index (κ3) is 3.97. The zero-order chi connectivity index (χ0) is 16.9. The van der Waals surface area contributed by atoms with Gasteiger partial charge in [0.15, 0.2) is 0 Å². The number of hydrogen-bond acceptors (Lipinski definition) is 4. The Balaban J connectivity index is 1.72. The lowest BCUT2D eigenvalue weighted by atomic mass is 9.97. The molecule has 0 aromatic heterocycles. The topological polar surface area (TPSA) is 53.0 Å². The molecule has 5 heteroatoms. The summed E-state index contributed by atoms with van der Waals surface area (Å²) in [4.78, 5) is 17.1. The van der Waals surface area contributed by atoms with Crippen molar-refractivity contribution in [2.45, 2.75) is 31.9 Å². The van der Waals surface area contributed by atoms with Gasteiger partial charge in [-0.15, -0.1) is 0 Å². The summed E-state index contributed by atoms with van der Waals surface area (Å²) in [6.07, 6.45) is 1.97. The highest BCUT2D eigenvalue weighted by Gasteiger charge is 2.36. The number of carbonyl (C=O) groups is 1. The molecule has 1 aromatic rings. The van der Waals surface area contributed by atoms with Crippen LogP contribution in [0.5, 0.6) is 0 Å². The van der Waals surface area contributed by atoms with Crippen molar-refractivity contribution in [1.29, 1.82) is 0 Å². The SMILES string of the molecule is CC1CCN(CC(=O)N2CCO[C@H](CO)[C@H]2c2ccccc2)CC1. The van der Waals surface area contributed by atoms with Gasteiger partial charge in [0, 0.05) is 6.54 Å². The number of aliphatic hydroxyl groups is 1. The van der Waals surface area contributed by atoms with Crippen molar-refractivity contribution in [3.8, 4) is 0 Å². The number of amides is 1. The van der Waals surface area contributed by atoms with E-state index in [1.54, 1.807) is 0 Å². The van der Waals surface area contributed by atoms with Gasteiger partial charge in [0.1, 0.15) is 6.10 Å². The molecular formula is C19H28N2O3. The number of morpholine rings is 1. The van der Waals surface area contributed by atoms with Crippen LogP contribution in [0.3, 0.4) is 0 Å². The molecule has 2 heterocycles. The van der Waals surface area contributed by atoms with Gasteiger partial charge in [0.2, 0.25) is 5.91 Å². The third-order valence-corrected chi connectivity index (χ3v) is 5.23. The predicted octanol–water partition coefficient (Wildman–Crippen LogP) is 1.68. The molecule has 0 radical (unpaired) electrons. The number of carbonyl (C=O) groups excluding carboxylic acids is 1. The highest BCUT2D eigenvalue weighted by atomic mass is 16.5. The van der Waals surface area contributed by atoms with E-state index in [-0.39, 0.29) is 24.7 Å². The summed E-state index contributed by atoms with van der Waals surface area (Å²) in [7, 11) is 0. The van der Waals surface area contributed by atoms with Crippen LogP contribution < -0.4 is 0 Å². The minimum absolute atomic E-state index is 0.0788. The molecule has 24 heavy (non-hydrogen) atoms. The van der Waals surface area contributed by atoms with Gasteiger partial charge in [0.05, 0.1) is 25.8 Å². The fraction of sp³-hybridized carbons (Fsp3) is 0.632. The van der Waals surface area contributed by atoms with E-state index in [2.05, 4.69) is 11.8 Å². The fourth-order valence-corrected chi connectivity index (χ4v) is 3.71. The number of likely N-dealkylation sites (tertiary alicyclic amines) is 1. The molecule has 2 aliphatic heterocycles. The molecule has 0 bridgehead atoms. The lowest BCUT2D eigenvalue weighted by Gasteiger charge is -2.42. The first kappa shape index (κ1) is 17.4. The van der Waals surface area contributed by atoms with Crippen molar-refractivity contribution in [2.24, 2.45) is 5.92 Å². The van der Waals surface area contributed by atoms with Crippen molar-refractivity contribution in [3.63, 3.8) is 0 Å². The molecule has 0 saturated carbocycles. The van der Waals surface area contributed by atoms with Crippen LogP contribution in [0.25, 0.3) is 0 Å². The molecule has 3 rings (SSSR count). The molecule has 2 saturated heterocycles. The number of nitrogens with zero attached hydrogens (tertiary/aromatic N) is 2. The molecule has 0 aliphatic carbocycles. The molecule has 1 aromatic carbocycles. The number of rotatable bonds is 4. The summed E-state index contributed by atoms with van der Waals surface area (Å²) in [6, 6.07) is 9.69. The van der Waals surface area contributed by atoms with Crippen LogP contribution >= 0.6 is 0 Å². The molecular weight excluding hydrogens is 304 g/mol. The molecule has 2 atom stereocenters. The van der Waals surface area contributed by atoms with E-state index in [0.717, 1.165) is 37.4 Å². The van der Waals surface area contributed by atoms with Crippen LogP contribution in [0.4, 0.5) is 0 Å². The Labute approximate surface area is 144 Å². The summed E-state index contributed by atoms with van der Waals surface area (Å²) in [5, 5.41) is 9.70. The van der Waals surface area contributed by atoms with Gasteiger partial charge < -0.3 is 14.7 Å². The van der Waals surface area contributed by atoms with Gasteiger partial charge >= 0.3 is 0 Å². The minimum atomic E-state index is -0.355. The van der Waals surface area contributed by atoms with E-state index >= 15 is 0 Å². The Morgan fingerprint density at radius 3 is 2.58 bits per heavy atom. The third-order valence-electron chi connectivity index (χ3n) is 5.23. The average molecular weight is 332 g/mol. The molecule has 2 fully saturated rings. The molecule has 1 N–H and O–H groups in total. The van der Waals surface area contributed by atoms with Crippen molar-refractivity contribution >= 4 is 5.91 Å². The summed E-state index contributed by atoms with van der Waals surface area (Å²) in [5.41, 5.74) is 1.02. The van der Waals surface area contributed by atoms with Gasteiger partial charge in [-0.05, 0) is 37.4 Å². The van der Waals surface area contributed by atoms with Gasteiger partial charge in [-0.1, -0.05) is 37.3 Å². The van der Waals surface area contributed by atoms with Crippen LogP contribution in [0, 0.1) is 5.92 Å². The normalized spacial score (nSPS) is 26.5. The van der Waals surface area contributed by atoms with E-state index in [4.69, 9.17) is 4.74 Å². The summed E-state index contributed by atoms with van der Waals surface area (Å²) >= 11 is 0. The Morgan fingerprint density at radius 1 is 1.21 bits per heavy atom. The lowest BCUT2D eigenvalue weighted by molar-refractivity contribution is -0.151. The van der Waals surface area contributed by atoms with Crippen molar-refractivity contribution in [3.05, 3.63) is 35.9 Å². The van der Waals surface area contributed by atoms with Gasteiger partial charge in [0.25, 0.3) is 0 Å². The minimum Gasteiger partial charge on any atom is -0.394 e. The standard InChI is InChI=1S/C19H28N2O3/c1-15-7-9-20(10-8-15)13-18(23)21-11-12-24-17(14-22)19(21)16-5-3-2-4-6-16/h2-6,15,17,19,22H,7-14H2,1H3/t17-,19-/m1/s1. The molecule has 132 valence electrons. The maximum atomic E-state index is 12.9. The van der Waals surface area contributed by atoms with Crippen LogP contribution in [0.2, 0.25) is 0 Å². The van der Waals surface area contributed by atoms with E-state index < -0.39 is 0 Å². The molecule has 2 aliphatic rings. The van der Waals surface area contributed by atoms with Gasteiger partial charge in [-0.25, -0.2) is 0 Å². The van der Waals surface area contributed by atoms with E-state index in [0.29, 0.717) is 19.7 Å². The first-order valence-electron chi connectivity index (χ1n) is 8.98. The smallest absolute Gasteiger partial charge is 0.237 e. The largest absolute Gasteiger partial charge is 0.394 e. The predicted molar refractivity (Wildman–Crippen MR) is 92.6 cm³/mol. The van der Waals surface area contributed by atoms with Crippen molar-refractivity contribution in [2.75, 3.05) is 39.4 Å². The molecule has 0 unspecified atom stereocenters. The number of aliphatic hydroxyl groups excluding tert-OH is 1. The van der Waals surface area contributed by atoms with Crippen LogP contribution in [0.15, 0.2) is 30.3 Å². The number of ether oxygens (including phenoxy) is 1. The zero-order valence-corrected chi connectivity index (χ0v) is 14.4. The van der Waals surface area contributed by atoms with E-state index in [1.165, 1.54) is 0 Å². The summed E-state index contributed by atoms with van der Waals surface area (Å²) < 4.78 is 5.72. The molecule has 5 nitrogen and oxygen atoms in total. The second-order valence-electron chi connectivity index (χ2n) is 6.99. The highest BCUT2D eigenvalue weighted by Crippen LogP contribution is 2.30. The van der Waals surface area contributed by atoms with Gasteiger partial charge in [-0.2, -0.15) is 0 Å². The van der Waals surface area contributed by atoms with E-state index in [9.17, 15) is 9.90 Å². The van der Waals surface area contributed by atoms with Crippen LogP contribution in [-0.2, 0) is 9.53 Å². The average Bonchev–Trinajstić information content (AvgIpc) is 2.63. The lowest BCUT2D eigenvalue weighted by Crippen LogP contribution is -2.52. The highest BCUT2D eigenvalue weighted by molar-refractivity contribution is 5.79. The first-order chi connectivity index (χ1) is 11.7. The monoisotopic (exact) mass is 332 g/mol. The summed E-state index contributed by atoms with van der Waals surface area (Å²) in [6.45, 7) is 5.72. The Morgan fingerprint density at radius 2 is 1.92 bits per heavy atom. The maximum Gasteiger partial charge on any atom is 0.237 e. The zero-order valence-electron chi connectivity index (χ0n) is 14.4. The Bertz CT molecular complexity index is 529. The number of hydrogen-bond donors (Lipinski definition) is 1. The number of piperidine rings is 1. The Hall–Kier alpha value is -1.43. The Kier molecular flexibility index (Phi) is 5.87. The second-order valence-corrected chi connectivity index (χ2v) is 6.99. The molecule has 0 spiro atoms. The number of benzene rings is 1. The van der Waals surface area contributed by atoms with Crippen LogP contribution in [-0.4, -0.2) is 66.3 Å². The molecule has 1 amide bonds. The van der Waals surface area contributed by atoms with E-state index in [1.807, 2.05) is 35.2 Å².